The summed E-state index contributed by atoms with van der Waals surface area (Å²) < 4.78 is 15.6. The van der Waals surface area contributed by atoms with E-state index in [4.69, 9.17) is 0 Å². The lowest BCUT2D eigenvalue weighted by molar-refractivity contribution is 0.631. The number of aryl methyl sites for hydroxylation is 2. The summed E-state index contributed by atoms with van der Waals surface area (Å²) in [5.41, 5.74) is 3.20. The zero-order chi connectivity index (χ0) is 17.4. The van der Waals surface area contributed by atoms with Gasteiger partial charge in [-0.25, -0.2) is 9.37 Å². The Bertz CT molecular complexity index is 1070. The molecule has 0 atom stereocenters. The van der Waals surface area contributed by atoms with Crippen LogP contribution in [0.5, 0.6) is 0 Å². The largest absolute Gasteiger partial charge is 0.338 e. The molecule has 124 valence electrons. The molecule has 4 aromatic rings. The molecule has 1 N–H and O–H groups in total. The monoisotopic (exact) mass is 333 g/mol. The molecule has 0 aliphatic carbocycles. The van der Waals surface area contributed by atoms with Crippen molar-refractivity contribution in [3.05, 3.63) is 71.7 Å². The molecule has 0 bridgehead atoms. The van der Waals surface area contributed by atoms with Crippen LogP contribution < -0.4 is 5.32 Å². The number of para-hydroxylation sites is 1. The van der Waals surface area contributed by atoms with E-state index in [0.29, 0.717) is 23.1 Å². The third-order valence-corrected chi connectivity index (χ3v) is 3.85. The fourth-order valence-corrected chi connectivity index (χ4v) is 2.68. The SMILES string of the molecule is Cc1cccc(-c2nc3nc(C)cc(Nc4ccccc4F)n3n2)c1. The van der Waals surface area contributed by atoms with E-state index in [-0.39, 0.29) is 5.82 Å². The Hall–Kier alpha value is -3.28. The van der Waals surface area contributed by atoms with Crippen molar-refractivity contribution in [2.75, 3.05) is 5.32 Å². The van der Waals surface area contributed by atoms with E-state index in [1.54, 1.807) is 22.7 Å². The van der Waals surface area contributed by atoms with Crippen LogP contribution in [0.3, 0.4) is 0 Å². The molecule has 0 unspecified atom stereocenters. The fourth-order valence-electron chi connectivity index (χ4n) is 2.68. The number of halogens is 1. The van der Waals surface area contributed by atoms with Gasteiger partial charge in [0.05, 0.1) is 5.69 Å². The molecule has 25 heavy (non-hydrogen) atoms. The Morgan fingerprint density at radius 2 is 1.80 bits per heavy atom. The average Bonchev–Trinajstić information content (AvgIpc) is 3.01. The Kier molecular flexibility index (Phi) is 3.65. The maximum absolute atomic E-state index is 14.0. The summed E-state index contributed by atoms with van der Waals surface area (Å²) in [6.07, 6.45) is 0. The zero-order valence-corrected chi connectivity index (χ0v) is 13.9. The molecule has 0 fully saturated rings. The first-order chi connectivity index (χ1) is 12.1. The quantitative estimate of drug-likeness (QED) is 0.608. The number of hydrogen-bond donors (Lipinski definition) is 1. The number of aromatic nitrogens is 4. The van der Waals surface area contributed by atoms with Gasteiger partial charge in [-0.2, -0.15) is 9.50 Å². The molecular formula is C19H16FN5. The minimum absolute atomic E-state index is 0.330. The smallest absolute Gasteiger partial charge is 0.254 e. The molecular weight excluding hydrogens is 317 g/mol. The molecule has 0 saturated heterocycles. The van der Waals surface area contributed by atoms with Crippen molar-refractivity contribution in [3.8, 4) is 11.4 Å². The highest BCUT2D eigenvalue weighted by atomic mass is 19.1. The molecule has 0 amide bonds. The van der Waals surface area contributed by atoms with Crippen LogP contribution in [0.15, 0.2) is 54.6 Å². The van der Waals surface area contributed by atoms with Gasteiger partial charge in [0.25, 0.3) is 5.78 Å². The molecule has 0 aliphatic rings. The van der Waals surface area contributed by atoms with E-state index in [1.165, 1.54) is 6.07 Å². The van der Waals surface area contributed by atoms with Crippen molar-refractivity contribution in [2.45, 2.75) is 13.8 Å². The molecule has 0 saturated carbocycles. The lowest BCUT2D eigenvalue weighted by atomic mass is 10.1. The van der Waals surface area contributed by atoms with Crippen LogP contribution in [0.1, 0.15) is 11.3 Å². The van der Waals surface area contributed by atoms with Gasteiger partial charge >= 0.3 is 0 Å². The number of fused-ring (bicyclic) bond motifs is 1. The predicted molar refractivity (Wildman–Crippen MR) is 95.4 cm³/mol. The van der Waals surface area contributed by atoms with Gasteiger partial charge in [-0.1, -0.05) is 35.9 Å². The number of anilines is 2. The van der Waals surface area contributed by atoms with Crippen LogP contribution in [0.25, 0.3) is 17.2 Å². The minimum Gasteiger partial charge on any atom is -0.338 e. The van der Waals surface area contributed by atoms with Gasteiger partial charge in [0, 0.05) is 17.3 Å². The van der Waals surface area contributed by atoms with E-state index in [0.717, 1.165) is 16.8 Å². The Morgan fingerprint density at radius 3 is 2.60 bits per heavy atom. The summed E-state index contributed by atoms with van der Waals surface area (Å²) in [6, 6.07) is 16.3. The van der Waals surface area contributed by atoms with Gasteiger partial charge in [0.15, 0.2) is 5.82 Å². The van der Waals surface area contributed by atoms with E-state index in [9.17, 15) is 4.39 Å². The molecule has 6 heteroatoms. The van der Waals surface area contributed by atoms with Gasteiger partial charge in [-0.15, -0.1) is 5.10 Å². The van der Waals surface area contributed by atoms with Crippen molar-refractivity contribution in [1.82, 2.24) is 19.6 Å². The van der Waals surface area contributed by atoms with E-state index < -0.39 is 0 Å². The van der Waals surface area contributed by atoms with Crippen molar-refractivity contribution < 1.29 is 4.39 Å². The molecule has 2 heterocycles. The molecule has 5 nitrogen and oxygen atoms in total. The highest BCUT2D eigenvalue weighted by molar-refractivity contribution is 5.62. The second kappa shape index (κ2) is 5.98. The van der Waals surface area contributed by atoms with Crippen LogP contribution in [0.4, 0.5) is 15.9 Å². The van der Waals surface area contributed by atoms with Crippen molar-refractivity contribution >= 4 is 17.3 Å². The average molecular weight is 333 g/mol. The zero-order valence-electron chi connectivity index (χ0n) is 13.9. The third kappa shape index (κ3) is 2.94. The van der Waals surface area contributed by atoms with Gasteiger partial charge in [-0.3, -0.25) is 0 Å². The fraction of sp³-hybridized carbons (Fsp3) is 0.105. The van der Waals surface area contributed by atoms with E-state index >= 15 is 0 Å². The summed E-state index contributed by atoms with van der Waals surface area (Å²) in [4.78, 5) is 8.94. The molecule has 0 aliphatic heterocycles. The third-order valence-electron chi connectivity index (χ3n) is 3.85. The lowest BCUT2D eigenvalue weighted by Gasteiger charge is -2.09. The maximum Gasteiger partial charge on any atom is 0.254 e. The topological polar surface area (TPSA) is 55.1 Å². The van der Waals surface area contributed by atoms with Crippen molar-refractivity contribution in [1.29, 1.82) is 0 Å². The van der Waals surface area contributed by atoms with Crippen molar-refractivity contribution in [2.24, 2.45) is 0 Å². The number of nitrogens with zero attached hydrogens (tertiary/aromatic N) is 4. The highest BCUT2D eigenvalue weighted by Crippen LogP contribution is 2.23. The number of nitrogens with one attached hydrogen (secondary N) is 1. The first-order valence-corrected chi connectivity index (χ1v) is 7.93. The van der Waals surface area contributed by atoms with Gasteiger partial charge in [-0.05, 0) is 32.0 Å². The maximum atomic E-state index is 14.0. The molecule has 0 radical (unpaired) electrons. The van der Waals surface area contributed by atoms with E-state index in [1.807, 2.05) is 44.2 Å². The van der Waals surface area contributed by atoms with E-state index in [2.05, 4.69) is 20.4 Å². The second-order valence-corrected chi connectivity index (χ2v) is 5.90. The normalized spacial score (nSPS) is 11.0. The number of rotatable bonds is 3. The van der Waals surface area contributed by atoms with Crippen LogP contribution >= 0.6 is 0 Å². The van der Waals surface area contributed by atoms with Crippen LogP contribution in [-0.4, -0.2) is 19.6 Å². The molecule has 2 aromatic carbocycles. The summed E-state index contributed by atoms with van der Waals surface area (Å²) in [5, 5.41) is 7.63. The van der Waals surface area contributed by atoms with Crippen molar-refractivity contribution in [3.63, 3.8) is 0 Å². The Morgan fingerprint density at radius 1 is 0.960 bits per heavy atom. The lowest BCUT2D eigenvalue weighted by Crippen LogP contribution is -2.03. The second-order valence-electron chi connectivity index (χ2n) is 5.90. The molecule has 0 spiro atoms. The van der Waals surface area contributed by atoms with Gasteiger partial charge in [0.2, 0.25) is 0 Å². The van der Waals surface area contributed by atoms with Crippen LogP contribution in [0.2, 0.25) is 0 Å². The number of hydrogen-bond acceptors (Lipinski definition) is 4. The number of benzene rings is 2. The first-order valence-electron chi connectivity index (χ1n) is 7.93. The summed E-state index contributed by atoms with van der Waals surface area (Å²) >= 11 is 0. The Balaban J connectivity index is 1.83. The van der Waals surface area contributed by atoms with Gasteiger partial charge < -0.3 is 5.32 Å². The molecule has 4 rings (SSSR count). The van der Waals surface area contributed by atoms with Gasteiger partial charge in [0.1, 0.15) is 11.6 Å². The predicted octanol–water partition coefficient (Wildman–Crippen LogP) is 4.29. The van der Waals surface area contributed by atoms with Crippen LogP contribution in [0, 0.1) is 19.7 Å². The molecule has 2 aromatic heterocycles. The first kappa shape index (κ1) is 15.3. The minimum atomic E-state index is -0.330. The summed E-state index contributed by atoms with van der Waals surface area (Å²) in [5.74, 6) is 1.33. The summed E-state index contributed by atoms with van der Waals surface area (Å²) in [7, 11) is 0. The Labute approximate surface area is 144 Å². The standard InChI is InChI=1S/C19H16FN5/c1-12-6-5-7-14(10-12)18-23-19-21-13(2)11-17(25(19)24-18)22-16-9-4-3-8-15(16)20/h3-11,22H,1-2H3. The van der Waals surface area contributed by atoms with Crippen LogP contribution in [-0.2, 0) is 0 Å². The summed E-state index contributed by atoms with van der Waals surface area (Å²) in [6.45, 7) is 3.89. The highest BCUT2D eigenvalue weighted by Gasteiger charge is 2.13.